The third-order valence-corrected chi connectivity index (χ3v) is 4.96. The molecule has 6 heteroatoms. The first kappa shape index (κ1) is 19.5. The van der Waals surface area contributed by atoms with Crippen LogP contribution in [0.2, 0.25) is 0 Å². The summed E-state index contributed by atoms with van der Waals surface area (Å²) in [5, 5.41) is 6.84. The van der Waals surface area contributed by atoms with Crippen LogP contribution < -0.4 is 10.6 Å². The summed E-state index contributed by atoms with van der Waals surface area (Å²) >= 11 is 0. The third kappa shape index (κ3) is 7.81. The highest BCUT2D eigenvalue weighted by molar-refractivity contribution is 5.79. The van der Waals surface area contributed by atoms with E-state index in [1.165, 1.54) is 25.9 Å². The summed E-state index contributed by atoms with van der Waals surface area (Å²) in [7, 11) is 4.05. The number of nitrogens with one attached hydrogen (secondary N) is 2. The SMILES string of the molecule is CN=C(NCCCOCC1CCOCC1)NCC1CCCN(C)C1. The van der Waals surface area contributed by atoms with Gasteiger partial charge in [0.25, 0.3) is 0 Å². The van der Waals surface area contributed by atoms with Crippen LogP contribution >= 0.6 is 0 Å². The van der Waals surface area contributed by atoms with Crippen LogP contribution in [0, 0.1) is 11.8 Å². The van der Waals surface area contributed by atoms with Gasteiger partial charge in [-0.15, -0.1) is 0 Å². The predicted molar refractivity (Wildman–Crippen MR) is 98.6 cm³/mol. The fraction of sp³-hybridized carbons (Fsp3) is 0.944. The van der Waals surface area contributed by atoms with Gasteiger partial charge in [-0.25, -0.2) is 0 Å². The molecule has 2 fully saturated rings. The first-order chi connectivity index (χ1) is 11.8. The van der Waals surface area contributed by atoms with Gasteiger partial charge in [-0.3, -0.25) is 4.99 Å². The molecule has 2 saturated heterocycles. The maximum atomic E-state index is 5.79. The maximum Gasteiger partial charge on any atom is 0.190 e. The van der Waals surface area contributed by atoms with Gasteiger partial charge in [0, 0.05) is 53.1 Å². The van der Waals surface area contributed by atoms with Crippen molar-refractivity contribution in [1.29, 1.82) is 0 Å². The highest BCUT2D eigenvalue weighted by Gasteiger charge is 2.17. The quantitative estimate of drug-likeness (QED) is 0.397. The largest absolute Gasteiger partial charge is 0.381 e. The van der Waals surface area contributed by atoms with Gasteiger partial charge in [-0.1, -0.05) is 0 Å². The van der Waals surface area contributed by atoms with Crippen molar-refractivity contribution in [2.45, 2.75) is 32.1 Å². The lowest BCUT2D eigenvalue weighted by atomic mass is 9.99. The van der Waals surface area contributed by atoms with E-state index in [0.29, 0.717) is 5.92 Å². The van der Waals surface area contributed by atoms with Gasteiger partial charge in [-0.2, -0.15) is 0 Å². The molecule has 0 bridgehead atoms. The average Bonchev–Trinajstić information content (AvgIpc) is 2.61. The summed E-state index contributed by atoms with van der Waals surface area (Å²) in [6, 6.07) is 0. The highest BCUT2D eigenvalue weighted by Crippen LogP contribution is 2.15. The second-order valence-corrected chi connectivity index (χ2v) is 7.13. The summed E-state index contributed by atoms with van der Waals surface area (Å²) in [5.74, 6) is 2.33. The second kappa shape index (κ2) is 11.7. The minimum Gasteiger partial charge on any atom is -0.381 e. The van der Waals surface area contributed by atoms with Crippen molar-refractivity contribution in [1.82, 2.24) is 15.5 Å². The lowest BCUT2D eigenvalue weighted by molar-refractivity contribution is 0.0203. The number of nitrogens with zero attached hydrogens (tertiary/aromatic N) is 2. The smallest absolute Gasteiger partial charge is 0.190 e. The van der Waals surface area contributed by atoms with E-state index in [1.807, 2.05) is 7.05 Å². The Labute approximate surface area is 147 Å². The number of hydrogen-bond acceptors (Lipinski definition) is 4. The Morgan fingerprint density at radius 2 is 2.04 bits per heavy atom. The van der Waals surface area contributed by atoms with Gasteiger partial charge in [0.2, 0.25) is 0 Å². The van der Waals surface area contributed by atoms with E-state index in [0.717, 1.165) is 70.7 Å². The summed E-state index contributed by atoms with van der Waals surface area (Å²) < 4.78 is 11.2. The monoisotopic (exact) mass is 340 g/mol. The molecule has 2 N–H and O–H groups in total. The Hall–Kier alpha value is -0.850. The fourth-order valence-corrected chi connectivity index (χ4v) is 3.45. The molecule has 1 atom stereocenters. The average molecular weight is 341 g/mol. The Bertz CT molecular complexity index is 359. The Morgan fingerprint density at radius 1 is 1.21 bits per heavy atom. The van der Waals surface area contributed by atoms with Crippen LogP contribution in [0.25, 0.3) is 0 Å². The van der Waals surface area contributed by atoms with Crippen LogP contribution in [0.3, 0.4) is 0 Å². The molecule has 0 spiro atoms. The molecule has 0 aliphatic carbocycles. The lowest BCUT2D eigenvalue weighted by Gasteiger charge is -2.30. The summed E-state index contributed by atoms with van der Waals surface area (Å²) in [4.78, 5) is 6.73. The van der Waals surface area contributed by atoms with Crippen molar-refractivity contribution in [3.05, 3.63) is 0 Å². The molecule has 0 aromatic rings. The van der Waals surface area contributed by atoms with Crippen LogP contribution in [-0.4, -0.2) is 77.6 Å². The number of guanidine groups is 1. The number of rotatable bonds is 8. The standard InChI is InChI=1S/C18H36N4O2/c1-19-18(21-13-17-5-3-9-22(2)14-17)20-8-4-10-24-15-16-6-11-23-12-7-16/h16-17H,3-15H2,1-2H3,(H2,19,20,21). The molecule has 0 radical (unpaired) electrons. The zero-order valence-corrected chi connectivity index (χ0v) is 15.6. The number of likely N-dealkylation sites (tertiary alicyclic amines) is 1. The molecule has 0 amide bonds. The Morgan fingerprint density at radius 3 is 2.79 bits per heavy atom. The van der Waals surface area contributed by atoms with E-state index in [-0.39, 0.29) is 0 Å². The zero-order valence-electron chi connectivity index (χ0n) is 15.6. The number of piperidine rings is 1. The normalized spacial score (nSPS) is 24.1. The topological polar surface area (TPSA) is 58.1 Å². The van der Waals surface area contributed by atoms with Gasteiger partial charge in [0.15, 0.2) is 5.96 Å². The third-order valence-electron chi connectivity index (χ3n) is 4.96. The predicted octanol–water partition coefficient (Wildman–Crippen LogP) is 1.33. The first-order valence-corrected chi connectivity index (χ1v) is 9.56. The molecule has 140 valence electrons. The van der Waals surface area contributed by atoms with Crippen LogP contribution in [0.1, 0.15) is 32.1 Å². The molecule has 2 rings (SSSR count). The van der Waals surface area contributed by atoms with Crippen molar-refractivity contribution < 1.29 is 9.47 Å². The van der Waals surface area contributed by atoms with E-state index in [4.69, 9.17) is 9.47 Å². The second-order valence-electron chi connectivity index (χ2n) is 7.13. The molecule has 6 nitrogen and oxygen atoms in total. The molecule has 0 aromatic heterocycles. The molecule has 24 heavy (non-hydrogen) atoms. The van der Waals surface area contributed by atoms with Crippen molar-refractivity contribution in [3.63, 3.8) is 0 Å². The molecule has 2 aliphatic rings. The minimum absolute atomic E-state index is 0.690. The molecule has 1 unspecified atom stereocenters. The van der Waals surface area contributed by atoms with Gasteiger partial charge in [0.1, 0.15) is 0 Å². The van der Waals surface area contributed by atoms with Crippen molar-refractivity contribution in [2.24, 2.45) is 16.8 Å². The van der Waals surface area contributed by atoms with Gasteiger partial charge in [-0.05, 0) is 57.5 Å². The van der Waals surface area contributed by atoms with Crippen molar-refractivity contribution in [2.75, 3.05) is 66.7 Å². The fourth-order valence-electron chi connectivity index (χ4n) is 3.45. The minimum atomic E-state index is 0.690. The van der Waals surface area contributed by atoms with Gasteiger partial charge >= 0.3 is 0 Å². The summed E-state index contributed by atoms with van der Waals surface area (Å²) in [6.45, 7) is 7.81. The Kier molecular flexibility index (Phi) is 9.46. The van der Waals surface area contributed by atoms with E-state index >= 15 is 0 Å². The Balaban J connectivity index is 1.47. The van der Waals surface area contributed by atoms with E-state index in [2.05, 4.69) is 27.6 Å². The number of ether oxygens (including phenoxy) is 2. The maximum absolute atomic E-state index is 5.79. The highest BCUT2D eigenvalue weighted by atomic mass is 16.5. The molecule has 0 saturated carbocycles. The van der Waals surface area contributed by atoms with Crippen LogP contribution in [0.15, 0.2) is 4.99 Å². The van der Waals surface area contributed by atoms with E-state index in [9.17, 15) is 0 Å². The van der Waals surface area contributed by atoms with Crippen molar-refractivity contribution >= 4 is 5.96 Å². The summed E-state index contributed by atoms with van der Waals surface area (Å²) in [5.41, 5.74) is 0. The first-order valence-electron chi connectivity index (χ1n) is 9.56. The number of hydrogen-bond donors (Lipinski definition) is 2. The summed E-state index contributed by atoms with van der Waals surface area (Å²) in [6.07, 6.45) is 5.92. The molecule has 2 aliphatic heterocycles. The lowest BCUT2D eigenvalue weighted by Crippen LogP contribution is -2.43. The van der Waals surface area contributed by atoms with Crippen LogP contribution in [0.4, 0.5) is 0 Å². The molecular weight excluding hydrogens is 304 g/mol. The van der Waals surface area contributed by atoms with Gasteiger partial charge < -0.3 is 25.0 Å². The number of aliphatic imine (C=N–C) groups is 1. The molecule has 2 heterocycles. The zero-order chi connectivity index (χ0) is 17.0. The van der Waals surface area contributed by atoms with Crippen molar-refractivity contribution in [3.8, 4) is 0 Å². The van der Waals surface area contributed by atoms with Gasteiger partial charge in [0.05, 0.1) is 0 Å². The van der Waals surface area contributed by atoms with Crippen LogP contribution in [0.5, 0.6) is 0 Å². The van der Waals surface area contributed by atoms with E-state index < -0.39 is 0 Å². The van der Waals surface area contributed by atoms with E-state index in [1.54, 1.807) is 0 Å². The molecular formula is C18H36N4O2. The molecule has 0 aromatic carbocycles. The van der Waals surface area contributed by atoms with Crippen LogP contribution in [-0.2, 0) is 9.47 Å².